The van der Waals surface area contributed by atoms with Crippen LogP contribution in [0.25, 0.3) is 0 Å². The monoisotopic (exact) mass is 257 g/mol. The molecule has 0 amide bonds. The number of nitrogens with zero attached hydrogens (tertiary/aromatic N) is 2. The van der Waals surface area contributed by atoms with Crippen molar-refractivity contribution in [1.82, 2.24) is 14.9 Å². The number of aryl methyl sites for hydroxylation is 3. The van der Waals surface area contributed by atoms with Crippen LogP contribution < -0.4 is 5.32 Å². The van der Waals surface area contributed by atoms with Gasteiger partial charge in [-0.05, 0) is 44.4 Å². The smallest absolute Gasteiger partial charge is 0.0946 e. The van der Waals surface area contributed by atoms with Crippen molar-refractivity contribution in [3.8, 4) is 0 Å². The quantitative estimate of drug-likeness (QED) is 0.892. The van der Waals surface area contributed by atoms with E-state index in [0.717, 1.165) is 13.1 Å². The van der Waals surface area contributed by atoms with Crippen LogP contribution in [0.4, 0.5) is 0 Å². The fourth-order valence-electron chi connectivity index (χ4n) is 2.54. The highest BCUT2D eigenvalue weighted by molar-refractivity contribution is 5.37. The molecule has 1 heterocycles. The van der Waals surface area contributed by atoms with E-state index < -0.39 is 0 Å². The van der Waals surface area contributed by atoms with Crippen LogP contribution in [-0.2, 0) is 13.1 Å². The first-order valence-electron chi connectivity index (χ1n) is 6.82. The largest absolute Gasteiger partial charge is 0.336 e. The molecule has 0 aliphatic carbocycles. The second-order valence-corrected chi connectivity index (χ2v) is 5.42. The van der Waals surface area contributed by atoms with Gasteiger partial charge in [-0.25, -0.2) is 4.98 Å². The second-order valence-electron chi connectivity index (χ2n) is 5.42. The summed E-state index contributed by atoms with van der Waals surface area (Å²) in [4.78, 5) is 4.07. The third kappa shape index (κ3) is 3.67. The molecule has 0 saturated carbocycles. The summed E-state index contributed by atoms with van der Waals surface area (Å²) in [6.07, 6.45) is 5.68. The highest BCUT2D eigenvalue weighted by Gasteiger charge is 2.06. The molecule has 0 fully saturated rings. The SMILES string of the molecule is Cc1cc(C)c(CNC(C)Cn2ccnc2)c(C)c1. The van der Waals surface area contributed by atoms with Gasteiger partial charge in [0, 0.05) is 31.5 Å². The van der Waals surface area contributed by atoms with Crippen LogP contribution in [0.3, 0.4) is 0 Å². The summed E-state index contributed by atoms with van der Waals surface area (Å²) >= 11 is 0. The van der Waals surface area contributed by atoms with Gasteiger partial charge < -0.3 is 9.88 Å². The average molecular weight is 257 g/mol. The summed E-state index contributed by atoms with van der Waals surface area (Å²) in [7, 11) is 0. The summed E-state index contributed by atoms with van der Waals surface area (Å²) in [6.45, 7) is 10.6. The molecule has 1 aromatic carbocycles. The lowest BCUT2D eigenvalue weighted by molar-refractivity contribution is 0.475. The minimum absolute atomic E-state index is 0.425. The van der Waals surface area contributed by atoms with E-state index in [1.54, 1.807) is 0 Å². The molecule has 2 aromatic rings. The van der Waals surface area contributed by atoms with Crippen LogP contribution in [0.1, 0.15) is 29.2 Å². The fourth-order valence-corrected chi connectivity index (χ4v) is 2.54. The predicted molar refractivity (Wildman–Crippen MR) is 79.2 cm³/mol. The Bertz CT molecular complexity index is 506. The zero-order valence-electron chi connectivity index (χ0n) is 12.3. The lowest BCUT2D eigenvalue weighted by Gasteiger charge is -2.17. The first-order chi connectivity index (χ1) is 9.06. The van der Waals surface area contributed by atoms with Crippen molar-refractivity contribution >= 4 is 0 Å². The molecular formula is C16H23N3. The standard InChI is InChI=1S/C16H23N3/c1-12-7-13(2)16(14(3)8-12)9-18-15(4)10-19-6-5-17-11-19/h5-8,11,15,18H,9-10H2,1-4H3. The lowest BCUT2D eigenvalue weighted by atomic mass is 9.99. The van der Waals surface area contributed by atoms with Gasteiger partial charge in [-0.15, -0.1) is 0 Å². The molecule has 1 atom stereocenters. The van der Waals surface area contributed by atoms with Gasteiger partial charge in [0.1, 0.15) is 0 Å². The van der Waals surface area contributed by atoms with Crippen LogP contribution in [0.15, 0.2) is 30.9 Å². The number of imidazole rings is 1. The van der Waals surface area contributed by atoms with E-state index in [0.29, 0.717) is 6.04 Å². The van der Waals surface area contributed by atoms with Gasteiger partial charge in [0.15, 0.2) is 0 Å². The topological polar surface area (TPSA) is 29.9 Å². The Balaban J connectivity index is 1.95. The highest BCUT2D eigenvalue weighted by atomic mass is 15.1. The van der Waals surface area contributed by atoms with Crippen molar-refractivity contribution < 1.29 is 0 Å². The van der Waals surface area contributed by atoms with Crippen molar-refractivity contribution in [1.29, 1.82) is 0 Å². The van der Waals surface area contributed by atoms with Crippen molar-refractivity contribution in [3.05, 3.63) is 53.1 Å². The van der Waals surface area contributed by atoms with Crippen LogP contribution in [0, 0.1) is 20.8 Å². The number of nitrogens with one attached hydrogen (secondary N) is 1. The molecular weight excluding hydrogens is 234 g/mol. The summed E-state index contributed by atoms with van der Waals surface area (Å²) in [5.74, 6) is 0. The third-order valence-electron chi connectivity index (χ3n) is 3.51. The Hall–Kier alpha value is -1.61. The van der Waals surface area contributed by atoms with Crippen molar-refractivity contribution in [2.45, 2.75) is 46.8 Å². The van der Waals surface area contributed by atoms with E-state index in [-0.39, 0.29) is 0 Å². The molecule has 1 unspecified atom stereocenters. The average Bonchev–Trinajstić information content (AvgIpc) is 2.80. The number of rotatable bonds is 5. The summed E-state index contributed by atoms with van der Waals surface area (Å²) in [5.41, 5.74) is 5.51. The minimum atomic E-state index is 0.425. The molecule has 3 nitrogen and oxygen atoms in total. The molecule has 19 heavy (non-hydrogen) atoms. The third-order valence-corrected chi connectivity index (χ3v) is 3.51. The maximum Gasteiger partial charge on any atom is 0.0946 e. The summed E-state index contributed by atoms with van der Waals surface area (Å²) in [5, 5.41) is 3.59. The zero-order chi connectivity index (χ0) is 13.8. The first-order valence-corrected chi connectivity index (χ1v) is 6.82. The van der Waals surface area contributed by atoms with Crippen molar-refractivity contribution in [2.24, 2.45) is 0 Å². The van der Waals surface area contributed by atoms with Gasteiger partial charge in [-0.3, -0.25) is 0 Å². The summed E-state index contributed by atoms with van der Waals surface area (Å²) in [6, 6.07) is 4.93. The molecule has 0 saturated heterocycles. The maximum absolute atomic E-state index is 4.07. The van der Waals surface area contributed by atoms with E-state index in [2.05, 4.69) is 54.7 Å². The molecule has 1 N–H and O–H groups in total. The van der Waals surface area contributed by atoms with E-state index in [9.17, 15) is 0 Å². The van der Waals surface area contributed by atoms with Crippen LogP contribution >= 0.6 is 0 Å². The highest BCUT2D eigenvalue weighted by Crippen LogP contribution is 2.16. The van der Waals surface area contributed by atoms with E-state index >= 15 is 0 Å². The molecule has 102 valence electrons. The van der Waals surface area contributed by atoms with Crippen LogP contribution in [-0.4, -0.2) is 15.6 Å². The van der Waals surface area contributed by atoms with E-state index in [1.807, 2.05) is 18.7 Å². The predicted octanol–water partition coefficient (Wildman–Crippen LogP) is 2.99. The van der Waals surface area contributed by atoms with Gasteiger partial charge in [-0.2, -0.15) is 0 Å². The zero-order valence-corrected chi connectivity index (χ0v) is 12.3. The molecule has 3 heteroatoms. The Kier molecular flexibility index (Phi) is 4.38. The number of benzene rings is 1. The van der Waals surface area contributed by atoms with E-state index in [4.69, 9.17) is 0 Å². The van der Waals surface area contributed by atoms with Gasteiger partial charge in [0.05, 0.1) is 6.33 Å². The van der Waals surface area contributed by atoms with Gasteiger partial charge in [-0.1, -0.05) is 17.7 Å². The maximum atomic E-state index is 4.07. The lowest BCUT2D eigenvalue weighted by Crippen LogP contribution is -2.30. The Morgan fingerprint density at radius 2 is 1.89 bits per heavy atom. The Morgan fingerprint density at radius 1 is 1.21 bits per heavy atom. The molecule has 1 aromatic heterocycles. The van der Waals surface area contributed by atoms with E-state index in [1.165, 1.54) is 22.3 Å². The van der Waals surface area contributed by atoms with Crippen molar-refractivity contribution in [2.75, 3.05) is 0 Å². The fraction of sp³-hybridized carbons (Fsp3) is 0.438. The Morgan fingerprint density at radius 3 is 2.47 bits per heavy atom. The van der Waals surface area contributed by atoms with Gasteiger partial charge in [0.2, 0.25) is 0 Å². The van der Waals surface area contributed by atoms with Crippen LogP contribution in [0.5, 0.6) is 0 Å². The number of hydrogen-bond acceptors (Lipinski definition) is 2. The number of aromatic nitrogens is 2. The second kappa shape index (κ2) is 6.02. The van der Waals surface area contributed by atoms with Crippen LogP contribution in [0.2, 0.25) is 0 Å². The Labute approximate surface area is 115 Å². The first kappa shape index (κ1) is 13.8. The molecule has 0 aliphatic heterocycles. The van der Waals surface area contributed by atoms with Gasteiger partial charge >= 0.3 is 0 Å². The normalized spacial score (nSPS) is 12.6. The van der Waals surface area contributed by atoms with Gasteiger partial charge in [0.25, 0.3) is 0 Å². The molecule has 0 bridgehead atoms. The molecule has 0 spiro atoms. The molecule has 0 aliphatic rings. The minimum Gasteiger partial charge on any atom is -0.336 e. The number of hydrogen-bond donors (Lipinski definition) is 1. The molecule has 2 rings (SSSR count). The summed E-state index contributed by atoms with van der Waals surface area (Å²) < 4.78 is 2.10. The van der Waals surface area contributed by atoms with Crippen molar-refractivity contribution in [3.63, 3.8) is 0 Å². The molecule has 0 radical (unpaired) electrons.